The number of halogens is 1. The van der Waals surface area contributed by atoms with Gasteiger partial charge in [0, 0.05) is 20.2 Å². The van der Waals surface area contributed by atoms with Crippen LogP contribution in [0, 0.1) is 17.1 Å². The fourth-order valence-electron chi connectivity index (χ4n) is 1.55. The molecule has 0 amide bonds. The quantitative estimate of drug-likeness (QED) is 0.766. The zero-order chi connectivity index (χ0) is 12.7. The lowest BCUT2D eigenvalue weighted by Gasteiger charge is -2.24. The molecule has 0 atom stereocenters. The van der Waals surface area contributed by atoms with Crippen LogP contribution in [0.3, 0.4) is 0 Å². The number of hydrogen-bond donors (Lipinski definition) is 1. The van der Waals surface area contributed by atoms with Crippen LogP contribution >= 0.6 is 0 Å². The molecule has 0 heterocycles. The second-order valence-corrected chi connectivity index (χ2v) is 3.59. The molecule has 5 heteroatoms. The van der Waals surface area contributed by atoms with Gasteiger partial charge in [-0.15, -0.1) is 0 Å². The molecule has 92 valence electrons. The number of nitrogens with two attached hydrogens (primary N) is 1. The highest BCUT2D eigenvalue weighted by Crippen LogP contribution is 2.23. The lowest BCUT2D eigenvalue weighted by molar-refractivity contribution is 0.205. The smallest absolute Gasteiger partial charge is 0.125 e. The maximum Gasteiger partial charge on any atom is 0.125 e. The van der Waals surface area contributed by atoms with Crippen LogP contribution in [-0.2, 0) is 4.74 Å². The highest BCUT2D eigenvalue weighted by molar-refractivity contribution is 5.67. The van der Waals surface area contributed by atoms with Crippen molar-refractivity contribution in [1.82, 2.24) is 0 Å². The van der Waals surface area contributed by atoms with Crippen molar-refractivity contribution < 1.29 is 9.13 Å². The molecular weight excluding hydrogens is 221 g/mol. The largest absolute Gasteiger partial charge is 0.397 e. The van der Waals surface area contributed by atoms with Gasteiger partial charge in [-0.25, -0.2) is 4.39 Å². The lowest BCUT2D eigenvalue weighted by atomic mass is 10.2. The summed E-state index contributed by atoms with van der Waals surface area (Å²) in [7, 11) is 1.61. The molecule has 1 aromatic carbocycles. The van der Waals surface area contributed by atoms with Crippen LogP contribution in [0.5, 0.6) is 0 Å². The van der Waals surface area contributed by atoms with Crippen molar-refractivity contribution >= 4 is 11.4 Å². The van der Waals surface area contributed by atoms with Gasteiger partial charge in [-0.3, -0.25) is 0 Å². The van der Waals surface area contributed by atoms with Gasteiger partial charge in [0.2, 0.25) is 0 Å². The predicted molar refractivity (Wildman–Crippen MR) is 65.1 cm³/mol. The number of benzene rings is 1. The Morgan fingerprint density at radius 3 is 2.82 bits per heavy atom. The van der Waals surface area contributed by atoms with Gasteiger partial charge in [-0.1, -0.05) is 0 Å². The molecule has 0 fully saturated rings. The fourth-order valence-corrected chi connectivity index (χ4v) is 1.55. The zero-order valence-electron chi connectivity index (χ0n) is 9.82. The van der Waals surface area contributed by atoms with E-state index in [-0.39, 0.29) is 5.82 Å². The van der Waals surface area contributed by atoms with Crippen LogP contribution in [-0.4, -0.2) is 26.8 Å². The Morgan fingerprint density at radius 2 is 2.24 bits per heavy atom. The van der Waals surface area contributed by atoms with Crippen molar-refractivity contribution in [2.45, 2.75) is 6.42 Å². The molecule has 0 aliphatic rings. The molecule has 17 heavy (non-hydrogen) atoms. The van der Waals surface area contributed by atoms with Crippen molar-refractivity contribution in [3.8, 4) is 6.07 Å². The average molecular weight is 237 g/mol. The summed E-state index contributed by atoms with van der Waals surface area (Å²) in [5.74, 6) is -0.363. The molecule has 0 unspecified atom stereocenters. The fraction of sp³-hybridized carbons (Fsp3) is 0.417. The molecule has 2 N–H and O–H groups in total. The molecule has 0 aliphatic carbocycles. The van der Waals surface area contributed by atoms with E-state index < -0.39 is 0 Å². The Labute approximate surface area is 100 Å². The lowest BCUT2D eigenvalue weighted by Crippen LogP contribution is -2.28. The highest BCUT2D eigenvalue weighted by atomic mass is 19.1. The number of hydrogen-bond acceptors (Lipinski definition) is 4. The first-order valence-corrected chi connectivity index (χ1v) is 5.35. The third-order valence-electron chi connectivity index (χ3n) is 2.39. The van der Waals surface area contributed by atoms with E-state index in [4.69, 9.17) is 15.7 Å². The molecule has 0 spiro atoms. The number of ether oxygens (including phenoxy) is 1. The summed E-state index contributed by atoms with van der Waals surface area (Å²) in [5.41, 5.74) is 6.87. The topological polar surface area (TPSA) is 62.3 Å². The third kappa shape index (κ3) is 3.93. The summed E-state index contributed by atoms with van der Waals surface area (Å²) in [4.78, 5) is 1.92. The van der Waals surface area contributed by atoms with Gasteiger partial charge >= 0.3 is 0 Å². The standard InChI is InChI=1S/C12H16FN3O/c1-17-8-7-16(6-2-5-14)12-4-3-10(13)9-11(12)15/h3-4,9H,2,6-8,15H2,1H3. The molecule has 0 aromatic heterocycles. The first-order chi connectivity index (χ1) is 8.19. The molecule has 0 saturated carbocycles. The van der Waals surface area contributed by atoms with Crippen LogP contribution in [0.4, 0.5) is 15.8 Å². The van der Waals surface area contributed by atoms with Crippen molar-refractivity contribution in [1.29, 1.82) is 5.26 Å². The first kappa shape index (κ1) is 13.3. The number of nitriles is 1. The van der Waals surface area contributed by atoms with Crippen LogP contribution < -0.4 is 10.6 Å². The van der Waals surface area contributed by atoms with Gasteiger partial charge in [0.05, 0.1) is 30.5 Å². The maximum atomic E-state index is 12.9. The Bertz CT molecular complexity index is 403. The van der Waals surface area contributed by atoms with Gasteiger partial charge in [0.15, 0.2) is 0 Å². The normalized spacial score (nSPS) is 9.94. The van der Waals surface area contributed by atoms with E-state index in [9.17, 15) is 4.39 Å². The SMILES string of the molecule is COCCN(CCC#N)c1ccc(F)cc1N. The van der Waals surface area contributed by atoms with E-state index in [0.717, 1.165) is 5.69 Å². The number of rotatable bonds is 6. The summed E-state index contributed by atoms with van der Waals surface area (Å²) in [6.45, 7) is 1.70. The molecule has 4 nitrogen and oxygen atoms in total. The number of nitrogens with zero attached hydrogens (tertiary/aromatic N) is 2. The monoisotopic (exact) mass is 237 g/mol. The third-order valence-corrected chi connectivity index (χ3v) is 2.39. The van der Waals surface area contributed by atoms with E-state index >= 15 is 0 Å². The molecule has 1 rings (SSSR count). The minimum Gasteiger partial charge on any atom is -0.397 e. The summed E-state index contributed by atoms with van der Waals surface area (Å²) in [5, 5.41) is 8.60. The predicted octanol–water partition coefficient (Wildman–Crippen LogP) is 1.77. The molecule has 0 bridgehead atoms. The van der Waals surface area contributed by atoms with Crippen LogP contribution in [0.15, 0.2) is 18.2 Å². The van der Waals surface area contributed by atoms with Gasteiger partial charge in [-0.05, 0) is 18.2 Å². The second kappa shape index (κ2) is 6.71. The van der Waals surface area contributed by atoms with E-state index in [1.165, 1.54) is 12.1 Å². The van der Waals surface area contributed by atoms with Gasteiger partial charge in [-0.2, -0.15) is 5.26 Å². The van der Waals surface area contributed by atoms with E-state index in [1.54, 1.807) is 13.2 Å². The molecule has 0 aliphatic heterocycles. The number of methoxy groups -OCH3 is 1. The molecule has 0 saturated heterocycles. The molecular formula is C12H16FN3O. The van der Waals surface area contributed by atoms with Crippen molar-refractivity contribution in [2.75, 3.05) is 37.4 Å². The summed E-state index contributed by atoms with van der Waals surface area (Å²) in [6.07, 6.45) is 0.389. The summed E-state index contributed by atoms with van der Waals surface area (Å²) in [6, 6.07) is 6.34. The first-order valence-electron chi connectivity index (χ1n) is 5.35. The Balaban J connectivity index is 2.83. The number of nitrogen functional groups attached to an aromatic ring is 1. The minimum absolute atomic E-state index is 0.363. The Hall–Kier alpha value is -1.80. The molecule has 1 aromatic rings. The summed E-state index contributed by atoms with van der Waals surface area (Å²) >= 11 is 0. The Kier molecular flexibility index (Phi) is 5.24. The van der Waals surface area contributed by atoms with Gasteiger partial charge < -0.3 is 15.4 Å². The number of anilines is 2. The molecule has 0 radical (unpaired) electrons. The van der Waals surface area contributed by atoms with Gasteiger partial charge in [0.1, 0.15) is 5.82 Å². The van der Waals surface area contributed by atoms with E-state index in [0.29, 0.717) is 31.8 Å². The van der Waals surface area contributed by atoms with Crippen LogP contribution in [0.25, 0.3) is 0 Å². The Morgan fingerprint density at radius 1 is 1.47 bits per heavy atom. The maximum absolute atomic E-state index is 12.9. The highest BCUT2D eigenvalue weighted by Gasteiger charge is 2.10. The van der Waals surface area contributed by atoms with Crippen LogP contribution in [0.2, 0.25) is 0 Å². The van der Waals surface area contributed by atoms with Crippen LogP contribution in [0.1, 0.15) is 6.42 Å². The van der Waals surface area contributed by atoms with Crippen molar-refractivity contribution in [3.05, 3.63) is 24.0 Å². The van der Waals surface area contributed by atoms with Crippen molar-refractivity contribution in [2.24, 2.45) is 0 Å². The zero-order valence-corrected chi connectivity index (χ0v) is 9.82. The van der Waals surface area contributed by atoms with E-state index in [2.05, 4.69) is 6.07 Å². The summed E-state index contributed by atoms with van der Waals surface area (Å²) < 4.78 is 17.9. The second-order valence-electron chi connectivity index (χ2n) is 3.59. The van der Waals surface area contributed by atoms with Gasteiger partial charge in [0.25, 0.3) is 0 Å². The van der Waals surface area contributed by atoms with E-state index in [1.807, 2.05) is 4.90 Å². The minimum atomic E-state index is -0.363. The average Bonchev–Trinajstić information content (AvgIpc) is 2.30. The van der Waals surface area contributed by atoms with Crippen molar-refractivity contribution in [3.63, 3.8) is 0 Å².